The number of anilines is 1. The molecule has 3 aromatic rings. The van der Waals surface area contributed by atoms with Crippen LogP contribution >= 0.6 is 11.8 Å². The molecule has 2 aromatic carbocycles. The van der Waals surface area contributed by atoms with Crippen LogP contribution in [0.5, 0.6) is 11.5 Å². The second-order valence-corrected chi connectivity index (χ2v) is 12.8. The number of nitrogens with zero attached hydrogens (tertiary/aromatic N) is 5. The third kappa shape index (κ3) is 6.08. The van der Waals surface area contributed by atoms with E-state index in [0.717, 1.165) is 28.3 Å². The molecule has 10 nitrogen and oxygen atoms in total. The number of amides is 3. The fraction of sp³-hybridized carbons (Fsp3) is 0.438. The summed E-state index contributed by atoms with van der Waals surface area (Å²) in [7, 11) is 3.26. The average Bonchev–Trinajstić information content (AvgIpc) is 3.34. The molecule has 0 bridgehead atoms. The van der Waals surface area contributed by atoms with Gasteiger partial charge in [-0.1, -0.05) is 39.0 Å². The number of piperazine rings is 1. The summed E-state index contributed by atoms with van der Waals surface area (Å²) in [6.45, 7) is 9.54. The molecule has 11 heteroatoms. The maximum atomic E-state index is 14.0. The first-order valence-electron chi connectivity index (χ1n) is 14.4. The molecule has 2 aliphatic rings. The number of methoxy groups -OCH3 is 2. The van der Waals surface area contributed by atoms with Crippen LogP contribution in [0.3, 0.4) is 0 Å². The van der Waals surface area contributed by atoms with Crippen molar-refractivity contribution in [3.63, 3.8) is 0 Å². The monoisotopic (exact) mass is 605 g/mol. The van der Waals surface area contributed by atoms with Crippen molar-refractivity contribution in [3.05, 3.63) is 65.4 Å². The molecule has 228 valence electrons. The molecule has 0 radical (unpaired) electrons. The smallest absolute Gasteiger partial charge is 0.242 e. The molecule has 0 aliphatic carbocycles. The van der Waals surface area contributed by atoms with Crippen molar-refractivity contribution in [1.29, 1.82) is 0 Å². The normalized spacial score (nSPS) is 17.4. The van der Waals surface area contributed by atoms with Crippen LogP contribution < -0.4 is 14.4 Å². The maximum Gasteiger partial charge on any atom is 0.242 e. The molecule has 0 spiro atoms. The van der Waals surface area contributed by atoms with Crippen molar-refractivity contribution in [1.82, 2.24) is 19.6 Å². The van der Waals surface area contributed by atoms with Gasteiger partial charge >= 0.3 is 0 Å². The highest BCUT2D eigenvalue weighted by Crippen LogP contribution is 2.50. The lowest BCUT2D eigenvalue weighted by Gasteiger charge is -2.35. The summed E-state index contributed by atoms with van der Waals surface area (Å²) in [4.78, 5) is 44.7. The van der Waals surface area contributed by atoms with Gasteiger partial charge in [-0.2, -0.15) is 5.10 Å². The number of fused-ring (bicyclic) bond motifs is 1. The van der Waals surface area contributed by atoms with Gasteiger partial charge < -0.3 is 19.3 Å². The number of rotatable bonds is 6. The van der Waals surface area contributed by atoms with Crippen LogP contribution in [0, 0.1) is 0 Å². The van der Waals surface area contributed by atoms with E-state index in [1.807, 2.05) is 48.5 Å². The van der Waals surface area contributed by atoms with E-state index in [1.54, 1.807) is 33.6 Å². The standard InChI is InChI=1S/C32H39N5O5S/c1-21(38)34-15-17-35(18-16-34)26(39)19-36-27(40)20-43-29(24-9-7-8-10-25(24)42-6)28-30(32(2,3)4)33-37(31(28)36)22-11-13-23(41-5)14-12-22/h7-14,29H,15-20H2,1-6H3/t29-/m0/s1. The molecule has 0 unspecified atom stereocenters. The van der Waals surface area contributed by atoms with Crippen LogP contribution in [0.15, 0.2) is 48.5 Å². The summed E-state index contributed by atoms with van der Waals surface area (Å²) in [5, 5.41) is 4.89. The summed E-state index contributed by atoms with van der Waals surface area (Å²) < 4.78 is 13.0. The molecule has 0 N–H and O–H groups in total. The average molecular weight is 606 g/mol. The number of hydrogen-bond donors (Lipinski definition) is 0. The number of para-hydroxylation sites is 1. The first-order chi connectivity index (χ1) is 20.5. The highest BCUT2D eigenvalue weighted by molar-refractivity contribution is 8.00. The Morgan fingerprint density at radius 3 is 2.21 bits per heavy atom. The van der Waals surface area contributed by atoms with Crippen LogP contribution in [-0.2, 0) is 19.8 Å². The molecule has 2 aliphatic heterocycles. The molecule has 43 heavy (non-hydrogen) atoms. The minimum atomic E-state index is -0.380. The predicted molar refractivity (Wildman–Crippen MR) is 167 cm³/mol. The summed E-state index contributed by atoms with van der Waals surface area (Å²) in [6, 6.07) is 15.4. The van der Waals surface area contributed by atoms with Crippen molar-refractivity contribution in [2.24, 2.45) is 0 Å². The number of ether oxygens (including phenoxy) is 2. The Kier molecular flexibility index (Phi) is 8.73. The molecular formula is C32H39N5O5S. The summed E-state index contributed by atoms with van der Waals surface area (Å²) in [5.41, 5.74) is 3.03. The van der Waals surface area contributed by atoms with Crippen molar-refractivity contribution in [2.75, 3.05) is 57.6 Å². The van der Waals surface area contributed by atoms with E-state index in [1.165, 1.54) is 18.7 Å². The molecule has 1 atom stereocenters. The summed E-state index contributed by atoms with van der Waals surface area (Å²) >= 11 is 1.52. The van der Waals surface area contributed by atoms with E-state index in [9.17, 15) is 14.4 Å². The van der Waals surface area contributed by atoms with E-state index in [4.69, 9.17) is 14.6 Å². The lowest BCUT2D eigenvalue weighted by molar-refractivity contribution is -0.137. The minimum absolute atomic E-state index is 0.00283. The number of benzene rings is 2. The number of carbonyl (C=O) groups is 3. The highest BCUT2D eigenvalue weighted by atomic mass is 32.2. The van der Waals surface area contributed by atoms with Crippen LogP contribution in [0.2, 0.25) is 0 Å². The van der Waals surface area contributed by atoms with Gasteiger partial charge in [0.2, 0.25) is 17.7 Å². The molecular weight excluding hydrogens is 566 g/mol. The lowest BCUT2D eigenvalue weighted by Crippen LogP contribution is -2.53. The van der Waals surface area contributed by atoms with Crippen molar-refractivity contribution >= 4 is 35.3 Å². The molecule has 1 saturated heterocycles. The van der Waals surface area contributed by atoms with Gasteiger partial charge in [-0.3, -0.25) is 19.3 Å². The highest BCUT2D eigenvalue weighted by Gasteiger charge is 2.41. The summed E-state index contributed by atoms with van der Waals surface area (Å²) in [5.74, 6) is 1.84. The second kappa shape index (κ2) is 12.3. The van der Waals surface area contributed by atoms with Crippen LogP contribution in [0.1, 0.15) is 49.8 Å². The van der Waals surface area contributed by atoms with Crippen molar-refractivity contribution in [2.45, 2.75) is 38.4 Å². The first kappa shape index (κ1) is 30.5. The predicted octanol–water partition coefficient (Wildman–Crippen LogP) is 4.05. The molecule has 1 aromatic heterocycles. The van der Waals surface area contributed by atoms with E-state index < -0.39 is 0 Å². The van der Waals surface area contributed by atoms with E-state index >= 15 is 0 Å². The number of thioether (sulfide) groups is 1. The van der Waals surface area contributed by atoms with Gasteiger partial charge in [-0.05, 0) is 30.3 Å². The Morgan fingerprint density at radius 1 is 0.953 bits per heavy atom. The topological polar surface area (TPSA) is 97.2 Å². The Balaban J connectivity index is 1.67. The minimum Gasteiger partial charge on any atom is -0.497 e. The molecule has 5 rings (SSSR count). The largest absolute Gasteiger partial charge is 0.497 e. The SMILES string of the molecule is COc1ccc(-n2nc(C(C)(C)C)c3c2N(CC(=O)N2CCN(C(C)=O)CC2)C(=O)CS[C@H]3c2ccccc2OC)cc1. The number of carbonyl (C=O) groups excluding carboxylic acids is 3. The van der Waals surface area contributed by atoms with Crippen LogP contribution in [0.25, 0.3) is 5.69 Å². The van der Waals surface area contributed by atoms with E-state index in [-0.39, 0.29) is 40.7 Å². The maximum absolute atomic E-state index is 14.0. The second-order valence-electron chi connectivity index (χ2n) is 11.7. The Morgan fingerprint density at radius 2 is 1.60 bits per heavy atom. The van der Waals surface area contributed by atoms with Gasteiger partial charge in [0.05, 0.1) is 36.6 Å². The zero-order valence-corrected chi connectivity index (χ0v) is 26.4. The first-order valence-corrected chi connectivity index (χ1v) is 15.4. The Labute approximate surface area is 256 Å². The molecule has 0 saturated carbocycles. The van der Waals surface area contributed by atoms with Gasteiger partial charge in [-0.15, -0.1) is 11.8 Å². The van der Waals surface area contributed by atoms with Gasteiger partial charge in [0.1, 0.15) is 23.9 Å². The third-order valence-corrected chi connectivity index (χ3v) is 9.15. The fourth-order valence-electron chi connectivity index (χ4n) is 5.61. The van der Waals surface area contributed by atoms with Crippen molar-refractivity contribution < 1.29 is 23.9 Å². The van der Waals surface area contributed by atoms with Gasteiger partial charge in [0.25, 0.3) is 0 Å². The van der Waals surface area contributed by atoms with Crippen LogP contribution in [-0.4, -0.2) is 90.0 Å². The Hall–Kier alpha value is -3.99. The quantitative estimate of drug-likeness (QED) is 0.418. The third-order valence-electron chi connectivity index (χ3n) is 7.91. The fourth-order valence-corrected chi connectivity index (χ4v) is 6.83. The molecule has 3 heterocycles. The lowest BCUT2D eigenvalue weighted by atomic mass is 9.87. The Bertz CT molecular complexity index is 1510. The van der Waals surface area contributed by atoms with E-state index in [2.05, 4.69) is 20.8 Å². The molecule has 3 amide bonds. The number of aromatic nitrogens is 2. The van der Waals surface area contributed by atoms with Gasteiger partial charge in [0.15, 0.2) is 0 Å². The van der Waals surface area contributed by atoms with Gasteiger partial charge in [-0.25, -0.2) is 4.68 Å². The zero-order valence-electron chi connectivity index (χ0n) is 25.6. The van der Waals surface area contributed by atoms with Crippen molar-refractivity contribution in [3.8, 4) is 17.2 Å². The molecule has 1 fully saturated rings. The van der Waals surface area contributed by atoms with Gasteiger partial charge in [0, 0.05) is 49.6 Å². The number of hydrogen-bond acceptors (Lipinski definition) is 7. The van der Waals surface area contributed by atoms with Crippen LogP contribution in [0.4, 0.5) is 5.82 Å². The van der Waals surface area contributed by atoms with E-state index in [0.29, 0.717) is 37.7 Å². The zero-order chi connectivity index (χ0) is 30.9. The summed E-state index contributed by atoms with van der Waals surface area (Å²) in [6.07, 6.45) is 0.